The fourth-order valence-electron chi connectivity index (χ4n) is 2.27. The van der Waals surface area contributed by atoms with Crippen LogP contribution in [0.2, 0.25) is 0 Å². The average Bonchev–Trinajstić information content (AvgIpc) is 2.96. The molecule has 1 unspecified atom stereocenters. The molecule has 1 heterocycles. The number of nitrogens with one attached hydrogen (secondary N) is 2. The Hall–Kier alpha value is -1.33. The van der Waals surface area contributed by atoms with E-state index in [-0.39, 0.29) is 24.1 Å². The summed E-state index contributed by atoms with van der Waals surface area (Å²) in [5.41, 5.74) is 0. The first-order valence-electron chi connectivity index (χ1n) is 7.10. The Bertz CT molecular complexity index is 422. The summed E-state index contributed by atoms with van der Waals surface area (Å²) in [7, 11) is 0. The van der Waals surface area contributed by atoms with Crippen LogP contribution in [-0.4, -0.2) is 32.1 Å². The molecule has 2 N–H and O–H groups in total. The summed E-state index contributed by atoms with van der Waals surface area (Å²) in [6.45, 7) is 2.96. The van der Waals surface area contributed by atoms with Gasteiger partial charge in [-0.15, -0.1) is 12.4 Å². The molecular formula is C15H22ClFN2O2. The molecule has 1 atom stereocenters. The first-order chi connectivity index (χ1) is 9.74. The standard InChI is InChI=1S/C15H21FN2O2.ClH/c16-13-2-4-14(5-3-13)20-10-9-18-15(19)6-1-12-7-8-17-11-12;/h2-5,12,17H,1,6-11H2,(H,18,19);1H. The van der Waals surface area contributed by atoms with E-state index in [1.165, 1.54) is 18.6 Å². The van der Waals surface area contributed by atoms with Gasteiger partial charge in [0.05, 0.1) is 6.54 Å². The molecule has 0 aliphatic carbocycles. The zero-order valence-corrected chi connectivity index (χ0v) is 12.8. The minimum Gasteiger partial charge on any atom is -0.492 e. The number of hydrogen-bond donors (Lipinski definition) is 2. The van der Waals surface area contributed by atoms with E-state index in [1.807, 2.05) is 0 Å². The second-order valence-electron chi connectivity index (χ2n) is 5.05. The van der Waals surface area contributed by atoms with Crippen molar-refractivity contribution in [2.45, 2.75) is 19.3 Å². The Balaban J connectivity index is 0.00000220. The van der Waals surface area contributed by atoms with Crippen molar-refractivity contribution in [1.82, 2.24) is 10.6 Å². The van der Waals surface area contributed by atoms with Gasteiger partial charge < -0.3 is 15.4 Å². The SMILES string of the molecule is Cl.O=C(CCC1CCNC1)NCCOc1ccc(F)cc1. The summed E-state index contributed by atoms with van der Waals surface area (Å²) in [6.07, 6.45) is 2.68. The van der Waals surface area contributed by atoms with E-state index in [1.54, 1.807) is 12.1 Å². The number of hydrogen-bond acceptors (Lipinski definition) is 3. The van der Waals surface area contributed by atoms with E-state index in [2.05, 4.69) is 10.6 Å². The molecule has 21 heavy (non-hydrogen) atoms. The largest absolute Gasteiger partial charge is 0.492 e. The predicted molar refractivity (Wildman–Crippen MR) is 82.4 cm³/mol. The van der Waals surface area contributed by atoms with Crippen molar-refractivity contribution >= 4 is 18.3 Å². The first kappa shape index (κ1) is 17.7. The van der Waals surface area contributed by atoms with Gasteiger partial charge in [0.15, 0.2) is 0 Å². The third-order valence-corrected chi connectivity index (χ3v) is 3.45. The summed E-state index contributed by atoms with van der Waals surface area (Å²) in [5.74, 6) is 1.03. The lowest BCUT2D eigenvalue weighted by Crippen LogP contribution is -2.28. The Labute approximate surface area is 130 Å². The van der Waals surface area contributed by atoms with Crippen LogP contribution in [0.15, 0.2) is 24.3 Å². The van der Waals surface area contributed by atoms with Crippen molar-refractivity contribution in [3.63, 3.8) is 0 Å². The lowest BCUT2D eigenvalue weighted by Gasteiger charge is -2.09. The molecule has 0 aromatic heterocycles. The third-order valence-electron chi connectivity index (χ3n) is 3.45. The quantitative estimate of drug-likeness (QED) is 0.758. The van der Waals surface area contributed by atoms with Crippen molar-refractivity contribution in [2.75, 3.05) is 26.2 Å². The van der Waals surface area contributed by atoms with Crippen LogP contribution in [0.4, 0.5) is 4.39 Å². The normalized spacial score (nSPS) is 17.1. The van der Waals surface area contributed by atoms with Gasteiger partial charge in [0.25, 0.3) is 0 Å². The molecule has 118 valence electrons. The average molecular weight is 317 g/mol. The highest BCUT2D eigenvalue weighted by molar-refractivity contribution is 5.85. The lowest BCUT2D eigenvalue weighted by molar-refractivity contribution is -0.121. The highest BCUT2D eigenvalue weighted by Gasteiger charge is 2.15. The maximum absolute atomic E-state index is 12.7. The minimum absolute atomic E-state index is 0. The van der Waals surface area contributed by atoms with E-state index in [0.29, 0.717) is 31.2 Å². The Morgan fingerprint density at radius 2 is 2.14 bits per heavy atom. The van der Waals surface area contributed by atoms with Gasteiger partial charge >= 0.3 is 0 Å². The van der Waals surface area contributed by atoms with Crippen LogP contribution in [0, 0.1) is 11.7 Å². The molecule has 0 saturated carbocycles. The van der Waals surface area contributed by atoms with Crippen LogP contribution in [-0.2, 0) is 4.79 Å². The van der Waals surface area contributed by atoms with E-state index in [9.17, 15) is 9.18 Å². The minimum atomic E-state index is -0.285. The second-order valence-corrected chi connectivity index (χ2v) is 5.05. The number of carbonyl (C=O) groups excluding carboxylic acids is 1. The van der Waals surface area contributed by atoms with Gasteiger partial charge in [-0.25, -0.2) is 4.39 Å². The zero-order valence-electron chi connectivity index (χ0n) is 11.9. The monoisotopic (exact) mass is 316 g/mol. The summed E-state index contributed by atoms with van der Waals surface area (Å²) >= 11 is 0. The van der Waals surface area contributed by atoms with E-state index in [0.717, 1.165) is 19.5 Å². The molecule has 6 heteroatoms. The van der Waals surface area contributed by atoms with Crippen LogP contribution in [0.25, 0.3) is 0 Å². The van der Waals surface area contributed by atoms with Crippen molar-refractivity contribution in [3.05, 3.63) is 30.1 Å². The smallest absolute Gasteiger partial charge is 0.220 e. The van der Waals surface area contributed by atoms with Gasteiger partial charge in [-0.3, -0.25) is 4.79 Å². The molecule has 1 aromatic rings. The number of rotatable bonds is 7. The van der Waals surface area contributed by atoms with Crippen molar-refractivity contribution in [1.29, 1.82) is 0 Å². The molecule has 4 nitrogen and oxygen atoms in total. The van der Waals surface area contributed by atoms with Crippen LogP contribution in [0.1, 0.15) is 19.3 Å². The van der Waals surface area contributed by atoms with Crippen molar-refractivity contribution in [3.8, 4) is 5.75 Å². The van der Waals surface area contributed by atoms with Gasteiger partial charge in [0, 0.05) is 6.42 Å². The Kier molecular flexibility index (Phi) is 8.08. The van der Waals surface area contributed by atoms with Crippen LogP contribution in [0.3, 0.4) is 0 Å². The predicted octanol–water partition coefficient (Wildman–Crippen LogP) is 2.13. The number of amides is 1. The third kappa shape index (κ3) is 6.78. The first-order valence-corrected chi connectivity index (χ1v) is 7.10. The van der Waals surface area contributed by atoms with Crippen LogP contribution >= 0.6 is 12.4 Å². The highest BCUT2D eigenvalue weighted by atomic mass is 35.5. The fourth-order valence-corrected chi connectivity index (χ4v) is 2.27. The van der Waals surface area contributed by atoms with Crippen LogP contribution in [0.5, 0.6) is 5.75 Å². The van der Waals surface area contributed by atoms with Gasteiger partial charge in [0.1, 0.15) is 18.2 Å². The summed E-state index contributed by atoms with van der Waals surface area (Å²) in [6, 6.07) is 5.85. The topological polar surface area (TPSA) is 50.4 Å². The zero-order chi connectivity index (χ0) is 14.2. The second kappa shape index (κ2) is 9.58. The van der Waals surface area contributed by atoms with Crippen molar-refractivity contribution < 1.29 is 13.9 Å². The molecule has 1 fully saturated rings. The summed E-state index contributed by atoms with van der Waals surface area (Å²) in [5, 5.41) is 6.12. The van der Waals surface area contributed by atoms with E-state index >= 15 is 0 Å². The Morgan fingerprint density at radius 3 is 2.81 bits per heavy atom. The van der Waals surface area contributed by atoms with Gasteiger partial charge in [-0.2, -0.15) is 0 Å². The molecule has 0 radical (unpaired) electrons. The van der Waals surface area contributed by atoms with Gasteiger partial charge in [-0.05, 0) is 56.1 Å². The number of halogens is 2. The summed E-state index contributed by atoms with van der Waals surface area (Å²) < 4.78 is 18.1. The highest BCUT2D eigenvalue weighted by Crippen LogP contribution is 2.14. The van der Waals surface area contributed by atoms with Gasteiger partial charge in [0.2, 0.25) is 5.91 Å². The molecule has 1 amide bonds. The molecule has 1 saturated heterocycles. The molecule has 1 aromatic carbocycles. The molecule has 1 aliphatic heterocycles. The maximum Gasteiger partial charge on any atom is 0.220 e. The van der Waals surface area contributed by atoms with Gasteiger partial charge in [-0.1, -0.05) is 0 Å². The number of carbonyl (C=O) groups is 1. The molecule has 0 bridgehead atoms. The van der Waals surface area contributed by atoms with E-state index in [4.69, 9.17) is 4.74 Å². The molecule has 1 aliphatic rings. The fraction of sp³-hybridized carbons (Fsp3) is 0.533. The van der Waals surface area contributed by atoms with E-state index < -0.39 is 0 Å². The maximum atomic E-state index is 12.7. The summed E-state index contributed by atoms with van der Waals surface area (Å²) in [4.78, 5) is 11.6. The number of ether oxygens (including phenoxy) is 1. The molecule has 0 spiro atoms. The number of benzene rings is 1. The van der Waals surface area contributed by atoms with Crippen molar-refractivity contribution in [2.24, 2.45) is 5.92 Å². The molecule has 2 rings (SSSR count). The lowest BCUT2D eigenvalue weighted by atomic mass is 10.0. The molecular weight excluding hydrogens is 295 g/mol. The Morgan fingerprint density at radius 1 is 1.38 bits per heavy atom. The van der Waals surface area contributed by atoms with Crippen LogP contribution < -0.4 is 15.4 Å².